The molecule has 106 valence electrons. The highest BCUT2D eigenvalue weighted by Gasteiger charge is 2.20. The van der Waals surface area contributed by atoms with Gasteiger partial charge in [0.15, 0.2) is 5.76 Å². The number of rotatable bonds is 3. The van der Waals surface area contributed by atoms with Gasteiger partial charge in [0.05, 0.1) is 6.26 Å². The van der Waals surface area contributed by atoms with Crippen molar-refractivity contribution >= 4 is 11.9 Å². The van der Waals surface area contributed by atoms with E-state index < -0.39 is 23.1 Å². The first-order valence-electron chi connectivity index (χ1n) is 5.78. The first-order chi connectivity index (χ1) is 10.1. The summed E-state index contributed by atoms with van der Waals surface area (Å²) < 4.78 is 37.0. The molecule has 8 heteroatoms. The zero-order chi connectivity index (χ0) is 14.8. The van der Waals surface area contributed by atoms with Crippen LogP contribution < -0.4 is 5.32 Å². The lowest BCUT2D eigenvalue weighted by Crippen LogP contribution is -2.16. The van der Waals surface area contributed by atoms with E-state index in [0.717, 1.165) is 18.2 Å². The van der Waals surface area contributed by atoms with Crippen LogP contribution >= 0.6 is 0 Å². The van der Waals surface area contributed by atoms with Crippen LogP contribution in [0.25, 0.3) is 11.7 Å². The van der Waals surface area contributed by atoms with Crippen molar-refractivity contribution in [2.75, 3.05) is 5.32 Å². The van der Waals surface area contributed by atoms with Gasteiger partial charge >= 0.3 is 6.01 Å². The van der Waals surface area contributed by atoms with Crippen LogP contribution in [-0.2, 0) is 0 Å². The number of nitrogens with zero attached hydrogens (tertiary/aromatic N) is 2. The van der Waals surface area contributed by atoms with Crippen molar-refractivity contribution in [3.8, 4) is 11.7 Å². The number of hydrogen-bond donors (Lipinski definition) is 1. The highest BCUT2D eigenvalue weighted by atomic mass is 19.1. The lowest BCUT2D eigenvalue weighted by atomic mass is 10.2. The molecule has 0 spiro atoms. The lowest BCUT2D eigenvalue weighted by molar-refractivity contribution is 0.101. The van der Waals surface area contributed by atoms with E-state index in [1.165, 1.54) is 6.26 Å². The summed E-state index contributed by atoms with van der Waals surface area (Å²) >= 11 is 0. The number of carbonyl (C=O) groups excluding carboxylic acids is 1. The van der Waals surface area contributed by atoms with Crippen molar-refractivity contribution in [1.82, 2.24) is 10.2 Å². The van der Waals surface area contributed by atoms with Crippen molar-refractivity contribution in [2.24, 2.45) is 0 Å². The third-order valence-corrected chi connectivity index (χ3v) is 2.57. The third kappa shape index (κ3) is 2.50. The summed E-state index contributed by atoms with van der Waals surface area (Å²) in [5, 5.41) is 9.30. The quantitative estimate of drug-likeness (QED) is 0.802. The van der Waals surface area contributed by atoms with Gasteiger partial charge in [0.2, 0.25) is 0 Å². The van der Waals surface area contributed by atoms with Crippen LogP contribution in [-0.4, -0.2) is 16.1 Å². The first kappa shape index (κ1) is 13.0. The topological polar surface area (TPSA) is 81.2 Å². The molecule has 0 aliphatic rings. The maximum atomic E-state index is 13.4. The molecule has 0 aliphatic heterocycles. The minimum atomic E-state index is -1.03. The number of carbonyl (C=O) groups is 1. The van der Waals surface area contributed by atoms with Crippen molar-refractivity contribution in [1.29, 1.82) is 0 Å². The Hall–Kier alpha value is -3.03. The zero-order valence-corrected chi connectivity index (χ0v) is 10.3. The molecule has 0 aliphatic carbocycles. The van der Waals surface area contributed by atoms with Gasteiger partial charge in [0.25, 0.3) is 11.8 Å². The summed E-state index contributed by atoms with van der Waals surface area (Å²) in [6, 6.07) is 6.00. The molecule has 2 heterocycles. The Morgan fingerprint density at radius 2 is 1.86 bits per heavy atom. The smallest absolute Gasteiger partial charge is 0.322 e. The number of nitrogens with one attached hydrogen (secondary N) is 1. The largest absolute Gasteiger partial charge is 0.459 e. The van der Waals surface area contributed by atoms with E-state index in [4.69, 9.17) is 8.83 Å². The van der Waals surface area contributed by atoms with Crippen LogP contribution in [0.4, 0.5) is 14.8 Å². The molecule has 1 N–H and O–H groups in total. The van der Waals surface area contributed by atoms with Gasteiger partial charge in [-0.3, -0.25) is 10.1 Å². The van der Waals surface area contributed by atoms with E-state index in [0.29, 0.717) is 5.76 Å². The van der Waals surface area contributed by atoms with Crippen LogP contribution in [0.2, 0.25) is 0 Å². The van der Waals surface area contributed by atoms with Gasteiger partial charge < -0.3 is 8.83 Å². The molecule has 3 aromatic rings. The molecule has 2 aromatic heterocycles. The van der Waals surface area contributed by atoms with Crippen molar-refractivity contribution in [3.63, 3.8) is 0 Å². The molecule has 3 rings (SSSR count). The monoisotopic (exact) mass is 291 g/mol. The molecular formula is C13H7F2N3O3. The normalized spacial score (nSPS) is 10.6. The fraction of sp³-hybridized carbons (Fsp3) is 0. The van der Waals surface area contributed by atoms with E-state index in [1.54, 1.807) is 12.1 Å². The maximum absolute atomic E-state index is 13.4. The second-order valence-electron chi connectivity index (χ2n) is 3.94. The number of furan rings is 1. The molecule has 0 fully saturated rings. The number of benzene rings is 1. The Balaban J connectivity index is 1.82. The van der Waals surface area contributed by atoms with Gasteiger partial charge in [-0.2, -0.15) is 0 Å². The van der Waals surface area contributed by atoms with Crippen LogP contribution in [0.5, 0.6) is 0 Å². The Bertz CT molecular complexity index is 764. The minimum Gasteiger partial charge on any atom is -0.459 e. The summed E-state index contributed by atoms with van der Waals surface area (Å²) in [5.41, 5.74) is -0.727. The van der Waals surface area contributed by atoms with Gasteiger partial charge in [-0.05, 0) is 24.3 Å². The Morgan fingerprint density at radius 1 is 1.10 bits per heavy atom. The molecule has 1 aromatic carbocycles. The highest BCUT2D eigenvalue weighted by molar-refractivity contribution is 6.03. The third-order valence-electron chi connectivity index (χ3n) is 2.57. The maximum Gasteiger partial charge on any atom is 0.322 e. The van der Waals surface area contributed by atoms with Crippen LogP contribution in [0.3, 0.4) is 0 Å². The molecule has 6 nitrogen and oxygen atoms in total. The molecule has 0 saturated carbocycles. The highest BCUT2D eigenvalue weighted by Crippen LogP contribution is 2.21. The Kier molecular flexibility index (Phi) is 3.19. The molecule has 0 bridgehead atoms. The standard InChI is InChI=1S/C13H7F2N3O3/c14-7-3-1-4-8(15)10(7)11(19)16-13-18-17-12(21-13)9-5-2-6-20-9/h1-6H,(H,16,18,19). The van der Waals surface area contributed by atoms with Crippen molar-refractivity contribution in [2.45, 2.75) is 0 Å². The zero-order valence-electron chi connectivity index (χ0n) is 10.3. The fourth-order valence-corrected chi connectivity index (χ4v) is 1.65. The predicted octanol–water partition coefficient (Wildman–Crippen LogP) is 2.86. The minimum absolute atomic E-state index is 0.0318. The lowest BCUT2D eigenvalue weighted by Gasteiger charge is -2.03. The second kappa shape index (κ2) is 5.16. The van der Waals surface area contributed by atoms with Gasteiger partial charge in [-0.15, -0.1) is 5.10 Å². The Labute approximate surface area is 116 Å². The van der Waals surface area contributed by atoms with Gasteiger partial charge in [0.1, 0.15) is 17.2 Å². The fourth-order valence-electron chi connectivity index (χ4n) is 1.65. The van der Waals surface area contributed by atoms with E-state index in [9.17, 15) is 13.6 Å². The molecule has 0 unspecified atom stereocenters. The number of anilines is 1. The van der Waals surface area contributed by atoms with E-state index in [2.05, 4.69) is 15.5 Å². The predicted molar refractivity (Wildman–Crippen MR) is 66.3 cm³/mol. The molecule has 21 heavy (non-hydrogen) atoms. The summed E-state index contributed by atoms with van der Waals surface area (Å²) in [7, 11) is 0. The molecule has 0 saturated heterocycles. The van der Waals surface area contributed by atoms with Crippen LogP contribution in [0, 0.1) is 11.6 Å². The summed E-state index contributed by atoms with van der Waals surface area (Å²) in [4.78, 5) is 11.8. The van der Waals surface area contributed by atoms with Gasteiger partial charge in [-0.1, -0.05) is 11.2 Å². The average Bonchev–Trinajstić information content (AvgIpc) is 3.08. The number of amides is 1. The Morgan fingerprint density at radius 3 is 2.52 bits per heavy atom. The molecular weight excluding hydrogens is 284 g/mol. The van der Waals surface area contributed by atoms with Gasteiger partial charge in [-0.25, -0.2) is 8.78 Å². The van der Waals surface area contributed by atoms with E-state index in [-0.39, 0.29) is 11.9 Å². The van der Waals surface area contributed by atoms with Crippen molar-refractivity contribution in [3.05, 3.63) is 53.8 Å². The summed E-state index contributed by atoms with van der Waals surface area (Å²) in [6.07, 6.45) is 1.41. The molecule has 0 atom stereocenters. The number of aromatic nitrogens is 2. The molecule has 0 radical (unpaired) electrons. The summed E-state index contributed by atoms with van der Waals surface area (Å²) in [6.45, 7) is 0. The van der Waals surface area contributed by atoms with E-state index >= 15 is 0 Å². The summed E-state index contributed by atoms with van der Waals surface area (Å²) in [5.74, 6) is -2.67. The average molecular weight is 291 g/mol. The van der Waals surface area contributed by atoms with Gasteiger partial charge in [0, 0.05) is 0 Å². The second-order valence-corrected chi connectivity index (χ2v) is 3.94. The SMILES string of the molecule is O=C(Nc1nnc(-c2ccco2)o1)c1c(F)cccc1F. The van der Waals surface area contributed by atoms with Crippen LogP contribution in [0.15, 0.2) is 45.4 Å². The number of hydrogen-bond acceptors (Lipinski definition) is 5. The van der Waals surface area contributed by atoms with E-state index in [1.807, 2.05) is 0 Å². The molecule has 1 amide bonds. The van der Waals surface area contributed by atoms with Crippen LogP contribution in [0.1, 0.15) is 10.4 Å². The first-order valence-corrected chi connectivity index (χ1v) is 5.78. The number of halogens is 2. The van der Waals surface area contributed by atoms with Crippen molar-refractivity contribution < 1.29 is 22.4 Å².